The largest absolute Gasteiger partial charge is 0.314 e. The standard InChI is InChI=1S/C10H13Br2FN2S/c11-7-5-9(16-10(7)12)8(6-13)15-3-1-14-2-4-15/h5,8,14H,1-4,6H2/t8-/m1/s1. The third kappa shape index (κ3) is 2.85. The summed E-state index contributed by atoms with van der Waals surface area (Å²) >= 11 is 8.51. The molecule has 0 aliphatic carbocycles. The van der Waals surface area contributed by atoms with Crippen LogP contribution in [0.2, 0.25) is 0 Å². The molecule has 2 rings (SSSR count). The predicted molar refractivity (Wildman–Crippen MR) is 72.9 cm³/mol. The van der Waals surface area contributed by atoms with Crippen molar-refractivity contribution in [3.63, 3.8) is 0 Å². The van der Waals surface area contributed by atoms with Crippen molar-refractivity contribution in [1.82, 2.24) is 10.2 Å². The molecular weight excluding hydrogens is 359 g/mol. The summed E-state index contributed by atoms with van der Waals surface area (Å²) in [6.45, 7) is 3.41. The van der Waals surface area contributed by atoms with Gasteiger partial charge >= 0.3 is 0 Å². The zero-order valence-electron chi connectivity index (χ0n) is 8.68. The van der Waals surface area contributed by atoms with Crippen molar-refractivity contribution in [3.8, 4) is 0 Å². The molecule has 1 aromatic rings. The molecule has 1 saturated heterocycles. The Bertz CT molecular complexity index is 333. The molecule has 1 aromatic heterocycles. The van der Waals surface area contributed by atoms with Gasteiger partial charge in [-0.2, -0.15) is 0 Å². The van der Waals surface area contributed by atoms with E-state index in [1.54, 1.807) is 11.3 Å². The van der Waals surface area contributed by atoms with Gasteiger partial charge in [-0.1, -0.05) is 0 Å². The van der Waals surface area contributed by atoms with Gasteiger partial charge in [0.2, 0.25) is 0 Å². The average molecular weight is 372 g/mol. The summed E-state index contributed by atoms with van der Waals surface area (Å²) in [7, 11) is 0. The Morgan fingerprint density at radius 2 is 2.12 bits per heavy atom. The lowest BCUT2D eigenvalue weighted by molar-refractivity contribution is 0.150. The SMILES string of the molecule is FC[C@H](c1cc(Br)c(Br)s1)N1CCNCC1. The van der Waals surface area contributed by atoms with Gasteiger partial charge in [-0.05, 0) is 37.9 Å². The van der Waals surface area contributed by atoms with Gasteiger partial charge in [0.25, 0.3) is 0 Å². The van der Waals surface area contributed by atoms with Gasteiger partial charge in [0.15, 0.2) is 0 Å². The van der Waals surface area contributed by atoms with Crippen LogP contribution in [0.4, 0.5) is 4.39 Å². The van der Waals surface area contributed by atoms with E-state index < -0.39 is 0 Å². The third-order valence-electron chi connectivity index (χ3n) is 2.73. The normalized spacial score (nSPS) is 19.9. The van der Waals surface area contributed by atoms with E-state index in [2.05, 4.69) is 42.1 Å². The zero-order chi connectivity index (χ0) is 11.5. The Balaban J connectivity index is 2.14. The molecule has 1 aliphatic rings. The Morgan fingerprint density at radius 3 is 2.62 bits per heavy atom. The molecule has 1 aliphatic heterocycles. The summed E-state index contributed by atoms with van der Waals surface area (Å²) in [5, 5.41) is 3.28. The molecule has 0 saturated carbocycles. The number of hydrogen-bond donors (Lipinski definition) is 1. The maximum Gasteiger partial charge on any atom is 0.110 e. The van der Waals surface area contributed by atoms with E-state index in [0.29, 0.717) is 0 Å². The summed E-state index contributed by atoms with van der Waals surface area (Å²) in [5.41, 5.74) is 0. The molecular formula is C10H13Br2FN2S. The van der Waals surface area contributed by atoms with Gasteiger partial charge in [0.1, 0.15) is 6.67 Å². The average Bonchev–Trinajstić information content (AvgIpc) is 2.61. The maximum absolute atomic E-state index is 13.2. The van der Waals surface area contributed by atoms with Crippen LogP contribution < -0.4 is 5.32 Å². The first-order chi connectivity index (χ1) is 7.72. The molecule has 0 unspecified atom stereocenters. The molecule has 2 heterocycles. The highest BCUT2D eigenvalue weighted by Crippen LogP contribution is 2.37. The van der Waals surface area contributed by atoms with Crippen molar-refractivity contribution in [2.75, 3.05) is 32.9 Å². The molecule has 6 heteroatoms. The number of piperazine rings is 1. The van der Waals surface area contributed by atoms with Gasteiger partial charge in [-0.3, -0.25) is 4.90 Å². The van der Waals surface area contributed by atoms with Crippen molar-refractivity contribution in [2.24, 2.45) is 0 Å². The Hall–Kier alpha value is 0.510. The minimum atomic E-state index is -0.320. The van der Waals surface area contributed by atoms with E-state index in [1.165, 1.54) is 0 Å². The van der Waals surface area contributed by atoms with Crippen molar-refractivity contribution in [3.05, 3.63) is 19.2 Å². The van der Waals surface area contributed by atoms with E-state index in [-0.39, 0.29) is 12.7 Å². The van der Waals surface area contributed by atoms with Crippen LogP contribution in [0, 0.1) is 0 Å². The quantitative estimate of drug-likeness (QED) is 0.877. The first-order valence-corrected chi connectivity index (χ1v) is 7.58. The molecule has 0 bridgehead atoms. The second kappa shape index (κ2) is 5.91. The highest BCUT2D eigenvalue weighted by atomic mass is 79.9. The number of nitrogens with zero attached hydrogens (tertiary/aromatic N) is 1. The lowest BCUT2D eigenvalue weighted by Gasteiger charge is -2.32. The number of hydrogen-bond acceptors (Lipinski definition) is 3. The van der Waals surface area contributed by atoms with E-state index in [1.807, 2.05) is 6.07 Å². The van der Waals surface area contributed by atoms with Crippen LogP contribution in [0.5, 0.6) is 0 Å². The molecule has 90 valence electrons. The highest BCUT2D eigenvalue weighted by molar-refractivity contribution is 9.13. The fourth-order valence-corrected chi connectivity index (χ4v) is 4.08. The van der Waals surface area contributed by atoms with Crippen molar-refractivity contribution < 1.29 is 4.39 Å². The molecule has 0 spiro atoms. The van der Waals surface area contributed by atoms with Crippen LogP contribution in [0.25, 0.3) is 0 Å². The van der Waals surface area contributed by atoms with E-state index in [9.17, 15) is 4.39 Å². The number of alkyl halides is 1. The maximum atomic E-state index is 13.2. The smallest absolute Gasteiger partial charge is 0.110 e. The van der Waals surface area contributed by atoms with Crippen molar-refractivity contribution in [1.29, 1.82) is 0 Å². The topological polar surface area (TPSA) is 15.3 Å². The minimum Gasteiger partial charge on any atom is -0.314 e. The van der Waals surface area contributed by atoms with Crippen LogP contribution >= 0.6 is 43.2 Å². The van der Waals surface area contributed by atoms with Crippen LogP contribution in [-0.4, -0.2) is 37.8 Å². The molecule has 0 amide bonds. The lowest BCUT2D eigenvalue weighted by Crippen LogP contribution is -2.45. The van der Waals surface area contributed by atoms with Crippen molar-refractivity contribution in [2.45, 2.75) is 6.04 Å². The summed E-state index contributed by atoms with van der Waals surface area (Å²) in [6.07, 6.45) is 0. The highest BCUT2D eigenvalue weighted by Gasteiger charge is 2.24. The molecule has 1 fully saturated rings. The second-order valence-corrected chi connectivity index (χ2v) is 6.98. The molecule has 0 aromatic carbocycles. The second-order valence-electron chi connectivity index (χ2n) is 3.73. The molecule has 16 heavy (non-hydrogen) atoms. The molecule has 1 atom stereocenters. The monoisotopic (exact) mass is 370 g/mol. The number of thiophene rings is 1. The Labute approximate surface area is 115 Å². The van der Waals surface area contributed by atoms with E-state index in [4.69, 9.17) is 0 Å². The van der Waals surface area contributed by atoms with Crippen molar-refractivity contribution >= 4 is 43.2 Å². The first kappa shape index (κ1) is 13.0. The number of halogens is 3. The summed E-state index contributed by atoms with van der Waals surface area (Å²) in [4.78, 5) is 3.30. The Kier molecular flexibility index (Phi) is 4.78. The zero-order valence-corrected chi connectivity index (χ0v) is 12.7. The molecule has 0 radical (unpaired) electrons. The van der Waals surface area contributed by atoms with Gasteiger partial charge in [-0.25, -0.2) is 4.39 Å². The fraction of sp³-hybridized carbons (Fsp3) is 0.600. The van der Waals surface area contributed by atoms with Crippen LogP contribution in [0.15, 0.2) is 14.3 Å². The number of rotatable bonds is 3. The number of nitrogens with one attached hydrogen (secondary N) is 1. The predicted octanol–water partition coefficient (Wildman–Crippen LogP) is 3.19. The Morgan fingerprint density at radius 1 is 1.44 bits per heavy atom. The fourth-order valence-electron chi connectivity index (χ4n) is 1.87. The molecule has 2 nitrogen and oxygen atoms in total. The summed E-state index contributed by atoms with van der Waals surface area (Å²) in [5.74, 6) is 0. The van der Waals surface area contributed by atoms with E-state index in [0.717, 1.165) is 39.3 Å². The van der Waals surface area contributed by atoms with E-state index >= 15 is 0 Å². The molecule has 1 N–H and O–H groups in total. The van der Waals surface area contributed by atoms with Crippen LogP contribution in [-0.2, 0) is 0 Å². The van der Waals surface area contributed by atoms with Gasteiger partial charge < -0.3 is 5.32 Å². The third-order valence-corrected chi connectivity index (χ3v) is 6.09. The summed E-state index contributed by atoms with van der Waals surface area (Å²) < 4.78 is 15.2. The first-order valence-electron chi connectivity index (χ1n) is 5.18. The minimum absolute atomic E-state index is 0.0882. The van der Waals surface area contributed by atoms with Gasteiger partial charge in [0.05, 0.1) is 9.83 Å². The van der Waals surface area contributed by atoms with Gasteiger partial charge in [-0.15, -0.1) is 11.3 Å². The lowest BCUT2D eigenvalue weighted by atomic mass is 10.2. The summed E-state index contributed by atoms with van der Waals surface area (Å²) in [6, 6.07) is 1.93. The van der Waals surface area contributed by atoms with Gasteiger partial charge in [0, 0.05) is 35.5 Å². The van der Waals surface area contributed by atoms with Crippen LogP contribution in [0.3, 0.4) is 0 Å². The van der Waals surface area contributed by atoms with Crippen LogP contribution in [0.1, 0.15) is 10.9 Å².